The number of rotatable bonds is 1. The summed E-state index contributed by atoms with van der Waals surface area (Å²) >= 11 is 0. The van der Waals surface area contributed by atoms with Gasteiger partial charge in [-0.2, -0.15) is 0 Å². The molecule has 1 rings (SSSR count). The lowest BCUT2D eigenvalue weighted by Gasteiger charge is -1.80. The zero-order valence-electron chi connectivity index (χ0n) is 3.07. The van der Waals surface area contributed by atoms with Crippen molar-refractivity contribution in [2.75, 3.05) is 0 Å². The molecule has 0 atom stereocenters. The molecule has 5 heavy (non-hydrogen) atoms. The van der Waals surface area contributed by atoms with Crippen LogP contribution in [0.4, 0.5) is 0 Å². The quantitative estimate of drug-likeness (QED) is 0.419. The van der Waals surface area contributed by atoms with Crippen LogP contribution in [0.1, 0.15) is 12.8 Å². The SMILES string of the molecule is [B]NC1CC1. The summed E-state index contributed by atoms with van der Waals surface area (Å²) in [6, 6.07) is 0.662. The Morgan fingerprint density at radius 1 is 1.60 bits per heavy atom. The van der Waals surface area contributed by atoms with E-state index >= 15 is 0 Å². The molecule has 1 fully saturated rings. The summed E-state index contributed by atoms with van der Waals surface area (Å²) in [7, 11) is 4.98. The molecule has 0 aromatic heterocycles. The second-order valence-corrected chi connectivity index (χ2v) is 1.44. The van der Waals surface area contributed by atoms with E-state index in [0.29, 0.717) is 6.04 Å². The maximum absolute atomic E-state index is 4.98. The van der Waals surface area contributed by atoms with Gasteiger partial charge in [-0.25, -0.2) is 0 Å². The molecule has 26 valence electrons. The van der Waals surface area contributed by atoms with Gasteiger partial charge in [0.05, 0.1) is 0 Å². The highest BCUT2D eigenvalue weighted by Crippen LogP contribution is 2.16. The van der Waals surface area contributed by atoms with E-state index in [1.54, 1.807) is 0 Å². The average Bonchev–Trinajstić information content (AvgIpc) is 2.12. The average molecular weight is 66.9 g/mol. The van der Waals surface area contributed by atoms with E-state index < -0.39 is 0 Å². The van der Waals surface area contributed by atoms with Crippen LogP contribution < -0.4 is 5.23 Å². The van der Waals surface area contributed by atoms with E-state index in [9.17, 15) is 0 Å². The fraction of sp³-hybridized carbons (Fsp3) is 1.00. The minimum Gasteiger partial charge on any atom is -0.364 e. The van der Waals surface area contributed by atoms with Crippen LogP contribution in [-0.4, -0.2) is 14.0 Å². The Hall–Kier alpha value is 0.0249. The van der Waals surface area contributed by atoms with Crippen molar-refractivity contribution in [1.29, 1.82) is 0 Å². The van der Waals surface area contributed by atoms with E-state index in [-0.39, 0.29) is 0 Å². The molecule has 2 radical (unpaired) electrons. The van der Waals surface area contributed by atoms with Gasteiger partial charge in [0, 0.05) is 0 Å². The van der Waals surface area contributed by atoms with Crippen molar-refractivity contribution in [2.24, 2.45) is 0 Å². The molecule has 0 heterocycles. The molecular weight excluding hydrogens is 60.9 g/mol. The lowest BCUT2D eigenvalue weighted by atomic mass is 10.4. The highest BCUT2D eigenvalue weighted by Gasteiger charge is 2.16. The zero-order chi connectivity index (χ0) is 3.70. The van der Waals surface area contributed by atoms with Crippen LogP contribution in [0.15, 0.2) is 0 Å². The maximum Gasteiger partial charge on any atom is 0.178 e. The van der Waals surface area contributed by atoms with E-state index in [1.807, 2.05) is 0 Å². The third kappa shape index (κ3) is 0.654. The van der Waals surface area contributed by atoms with Gasteiger partial charge < -0.3 is 5.23 Å². The molecule has 1 aliphatic carbocycles. The van der Waals surface area contributed by atoms with Gasteiger partial charge in [-0.1, -0.05) is 0 Å². The van der Waals surface area contributed by atoms with Crippen molar-refractivity contribution in [1.82, 2.24) is 5.23 Å². The third-order valence-electron chi connectivity index (χ3n) is 0.813. The smallest absolute Gasteiger partial charge is 0.178 e. The topological polar surface area (TPSA) is 12.0 Å². The lowest BCUT2D eigenvalue weighted by Crippen LogP contribution is -2.09. The van der Waals surface area contributed by atoms with Crippen molar-refractivity contribution < 1.29 is 0 Å². The molecule has 1 N–H and O–H groups in total. The Kier molecular flexibility index (Phi) is 0.654. The van der Waals surface area contributed by atoms with Crippen molar-refractivity contribution in [3.05, 3.63) is 0 Å². The Balaban J connectivity index is 2.00. The normalized spacial score (nSPS) is 23.2. The molecule has 0 aromatic carbocycles. The van der Waals surface area contributed by atoms with Crippen LogP contribution in [0.2, 0.25) is 0 Å². The standard InChI is InChI=1S/C3H6BN/c4-5-3-1-2-3/h3,5H,1-2H2. The molecule has 1 nitrogen and oxygen atoms in total. The van der Waals surface area contributed by atoms with Crippen molar-refractivity contribution >= 4 is 7.98 Å². The van der Waals surface area contributed by atoms with E-state index in [2.05, 4.69) is 5.23 Å². The van der Waals surface area contributed by atoms with Gasteiger partial charge >= 0.3 is 0 Å². The van der Waals surface area contributed by atoms with Crippen LogP contribution in [0.25, 0.3) is 0 Å². The Labute approximate surface area is 33.2 Å². The minimum absolute atomic E-state index is 0.662. The zero-order valence-corrected chi connectivity index (χ0v) is 3.07. The van der Waals surface area contributed by atoms with Gasteiger partial charge in [-0.05, 0) is 18.9 Å². The molecule has 0 amide bonds. The first kappa shape index (κ1) is 3.22. The summed E-state index contributed by atoms with van der Waals surface area (Å²) in [6.07, 6.45) is 2.55. The van der Waals surface area contributed by atoms with Crippen molar-refractivity contribution in [2.45, 2.75) is 18.9 Å². The molecule has 0 unspecified atom stereocenters. The second-order valence-electron chi connectivity index (χ2n) is 1.44. The molecule has 0 spiro atoms. The van der Waals surface area contributed by atoms with Crippen LogP contribution in [0.5, 0.6) is 0 Å². The van der Waals surface area contributed by atoms with Crippen LogP contribution in [0.3, 0.4) is 0 Å². The number of hydrogen-bond acceptors (Lipinski definition) is 1. The molecule has 1 saturated carbocycles. The monoisotopic (exact) mass is 67.1 g/mol. The van der Waals surface area contributed by atoms with E-state index in [0.717, 1.165) is 0 Å². The fourth-order valence-corrected chi connectivity index (χ4v) is 0.250. The molecule has 0 aliphatic heterocycles. The Bertz CT molecular complexity index is 33.9. The van der Waals surface area contributed by atoms with Crippen LogP contribution in [-0.2, 0) is 0 Å². The molecular formula is C3H6BN. The molecule has 0 saturated heterocycles. The van der Waals surface area contributed by atoms with Crippen LogP contribution >= 0.6 is 0 Å². The molecule has 0 bridgehead atoms. The first-order valence-electron chi connectivity index (χ1n) is 1.89. The summed E-state index contributed by atoms with van der Waals surface area (Å²) in [5.41, 5.74) is 0. The Morgan fingerprint density at radius 3 is 2.20 bits per heavy atom. The lowest BCUT2D eigenvalue weighted by molar-refractivity contribution is 0.956. The largest absolute Gasteiger partial charge is 0.364 e. The molecule has 2 heteroatoms. The first-order valence-corrected chi connectivity index (χ1v) is 1.89. The third-order valence-corrected chi connectivity index (χ3v) is 0.813. The minimum atomic E-state index is 0.662. The van der Waals surface area contributed by atoms with Gasteiger partial charge in [0.15, 0.2) is 7.98 Å². The number of hydrogen-bond donors (Lipinski definition) is 1. The van der Waals surface area contributed by atoms with Gasteiger partial charge in [0.1, 0.15) is 0 Å². The summed E-state index contributed by atoms with van der Waals surface area (Å²) in [4.78, 5) is 0. The summed E-state index contributed by atoms with van der Waals surface area (Å²) in [5.74, 6) is 0. The molecule has 0 aromatic rings. The highest BCUT2D eigenvalue weighted by molar-refractivity contribution is 6.04. The Morgan fingerprint density at radius 2 is 2.20 bits per heavy atom. The first-order chi connectivity index (χ1) is 2.43. The fourth-order valence-electron chi connectivity index (χ4n) is 0.250. The van der Waals surface area contributed by atoms with Gasteiger partial charge in [0.2, 0.25) is 0 Å². The van der Waals surface area contributed by atoms with Crippen molar-refractivity contribution in [3.63, 3.8) is 0 Å². The summed E-state index contributed by atoms with van der Waals surface area (Å²) < 4.78 is 0. The van der Waals surface area contributed by atoms with Gasteiger partial charge in [-0.3, -0.25) is 0 Å². The van der Waals surface area contributed by atoms with Crippen molar-refractivity contribution in [3.8, 4) is 0 Å². The highest BCUT2D eigenvalue weighted by atomic mass is 14.8. The summed E-state index contributed by atoms with van der Waals surface area (Å²) in [6.45, 7) is 0. The van der Waals surface area contributed by atoms with E-state index in [4.69, 9.17) is 7.98 Å². The maximum atomic E-state index is 4.98. The van der Waals surface area contributed by atoms with Crippen LogP contribution in [0, 0.1) is 0 Å². The van der Waals surface area contributed by atoms with E-state index in [1.165, 1.54) is 12.8 Å². The van der Waals surface area contributed by atoms with Gasteiger partial charge in [0.25, 0.3) is 0 Å². The number of nitrogens with one attached hydrogen (secondary N) is 1. The van der Waals surface area contributed by atoms with Gasteiger partial charge in [-0.15, -0.1) is 0 Å². The predicted molar refractivity (Wildman–Crippen MR) is 21.9 cm³/mol. The molecule has 1 aliphatic rings. The summed E-state index contributed by atoms with van der Waals surface area (Å²) in [5, 5.41) is 2.64. The second kappa shape index (κ2) is 1.01. The predicted octanol–water partition coefficient (Wildman–Crippen LogP) is -0.178.